The third kappa shape index (κ3) is 1.83. The number of hydrogen-bond donors (Lipinski definition) is 2. The number of carbonyl (C=O) groups excluding carboxylic acids is 1. The van der Waals surface area contributed by atoms with Gasteiger partial charge in [0.2, 0.25) is 0 Å². The minimum Gasteiger partial charge on any atom is -0.361 e. The van der Waals surface area contributed by atoms with Crippen molar-refractivity contribution in [3.05, 3.63) is 36.0 Å². The molecule has 0 radical (unpaired) electrons. The van der Waals surface area contributed by atoms with Crippen LogP contribution in [0.3, 0.4) is 0 Å². The molecule has 0 aliphatic carbocycles. The molecule has 1 aromatic heterocycles. The summed E-state index contributed by atoms with van der Waals surface area (Å²) in [6.45, 7) is 3.37. The monoisotopic (exact) mass is 255 g/mol. The Balaban J connectivity index is 1.53. The largest absolute Gasteiger partial charge is 0.361 e. The van der Waals surface area contributed by atoms with Gasteiger partial charge in [0, 0.05) is 41.8 Å². The number of nitrogens with zero attached hydrogens (tertiary/aromatic N) is 1. The highest BCUT2D eigenvalue weighted by molar-refractivity contribution is 5.98. The molecule has 3 atom stereocenters. The third-order valence-corrected chi connectivity index (χ3v) is 4.46. The molecule has 2 bridgehead atoms. The Hall–Kier alpha value is -1.81. The molecule has 4 heteroatoms. The summed E-state index contributed by atoms with van der Waals surface area (Å²) in [5.74, 6) is 0.710. The van der Waals surface area contributed by atoms with E-state index in [4.69, 9.17) is 0 Å². The van der Waals surface area contributed by atoms with Crippen molar-refractivity contribution in [3.8, 4) is 0 Å². The molecule has 98 valence electrons. The fraction of sp³-hybridized carbons (Fsp3) is 0.400. The van der Waals surface area contributed by atoms with E-state index in [9.17, 15) is 4.79 Å². The molecule has 2 aliphatic heterocycles. The first kappa shape index (κ1) is 11.1. The van der Waals surface area contributed by atoms with E-state index in [1.54, 1.807) is 0 Å². The van der Waals surface area contributed by atoms with E-state index in [0.717, 1.165) is 29.6 Å². The lowest BCUT2D eigenvalue weighted by Gasteiger charge is -2.23. The second-order valence-electron chi connectivity index (χ2n) is 5.67. The van der Waals surface area contributed by atoms with Crippen LogP contribution in [-0.2, 0) is 0 Å². The van der Waals surface area contributed by atoms with E-state index in [-0.39, 0.29) is 5.91 Å². The number of benzene rings is 1. The van der Waals surface area contributed by atoms with Crippen molar-refractivity contribution in [2.75, 3.05) is 19.6 Å². The molecular formula is C15H17N3O. The van der Waals surface area contributed by atoms with Crippen molar-refractivity contribution in [1.82, 2.24) is 15.2 Å². The molecular weight excluding hydrogens is 238 g/mol. The minimum absolute atomic E-state index is 0.0573. The zero-order chi connectivity index (χ0) is 12.8. The second kappa shape index (κ2) is 4.10. The van der Waals surface area contributed by atoms with Crippen molar-refractivity contribution in [2.24, 2.45) is 5.92 Å². The van der Waals surface area contributed by atoms with Crippen LogP contribution in [0, 0.1) is 5.92 Å². The Morgan fingerprint density at radius 3 is 3.05 bits per heavy atom. The van der Waals surface area contributed by atoms with Crippen molar-refractivity contribution >= 4 is 16.8 Å². The number of nitrogens with one attached hydrogen (secondary N) is 2. The summed E-state index contributed by atoms with van der Waals surface area (Å²) in [6, 6.07) is 8.14. The molecule has 2 N–H and O–H groups in total. The topological polar surface area (TPSA) is 48.1 Å². The standard InChI is InChI=1S/C15H17N3O/c19-15(17-14-9-18-6-4-12(14)8-18)11-1-2-13-10(7-11)3-5-16-13/h1-3,5,7,12,14,16H,4,6,8-9H2,(H,17,19)/t12?,14-/m0/s1. The predicted molar refractivity (Wildman–Crippen MR) is 74.1 cm³/mol. The van der Waals surface area contributed by atoms with E-state index in [0.29, 0.717) is 12.0 Å². The second-order valence-corrected chi connectivity index (χ2v) is 5.67. The number of amides is 1. The molecule has 1 aromatic carbocycles. The van der Waals surface area contributed by atoms with Crippen LogP contribution in [-0.4, -0.2) is 41.5 Å². The highest BCUT2D eigenvalue weighted by atomic mass is 16.1. The van der Waals surface area contributed by atoms with Crippen LogP contribution in [0.2, 0.25) is 0 Å². The molecule has 1 amide bonds. The first-order valence-corrected chi connectivity index (χ1v) is 6.90. The molecule has 2 fully saturated rings. The molecule has 4 rings (SSSR count). The van der Waals surface area contributed by atoms with Gasteiger partial charge in [-0.25, -0.2) is 0 Å². The highest BCUT2D eigenvalue weighted by Crippen LogP contribution is 2.28. The van der Waals surface area contributed by atoms with Gasteiger partial charge in [-0.3, -0.25) is 4.79 Å². The first-order valence-electron chi connectivity index (χ1n) is 6.90. The molecule has 2 aromatic rings. The maximum absolute atomic E-state index is 12.3. The van der Waals surface area contributed by atoms with E-state index >= 15 is 0 Å². The van der Waals surface area contributed by atoms with Gasteiger partial charge in [0.05, 0.1) is 0 Å². The number of aromatic nitrogens is 1. The van der Waals surface area contributed by atoms with E-state index in [1.165, 1.54) is 13.0 Å². The summed E-state index contributed by atoms with van der Waals surface area (Å²) < 4.78 is 0. The third-order valence-electron chi connectivity index (χ3n) is 4.46. The summed E-state index contributed by atoms with van der Waals surface area (Å²) in [6.07, 6.45) is 3.12. The van der Waals surface area contributed by atoms with Crippen molar-refractivity contribution < 1.29 is 4.79 Å². The average Bonchev–Trinajstić information content (AvgIpc) is 3.13. The highest BCUT2D eigenvalue weighted by Gasteiger charge is 2.38. The van der Waals surface area contributed by atoms with E-state index < -0.39 is 0 Å². The molecule has 3 heterocycles. The van der Waals surface area contributed by atoms with Gasteiger partial charge in [0.15, 0.2) is 0 Å². The van der Waals surface area contributed by atoms with Crippen molar-refractivity contribution in [1.29, 1.82) is 0 Å². The minimum atomic E-state index is 0.0573. The first-order chi connectivity index (χ1) is 9.29. The Morgan fingerprint density at radius 2 is 2.26 bits per heavy atom. The molecule has 4 nitrogen and oxygen atoms in total. The molecule has 2 unspecified atom stereocenters. The summed E-state index contributed by atoms with van der Waals surface area (Å²) in [7, 11) is 0. The summed E-state index contributed by atoms with van der Waals surface area (Å²) >= 11 is 0. The number of rotatable bonds is 2. The Kier molecular flexibility index (Phi) is 2.38. The zero-order valence-electron chi connectivity index (χ0n) is 10.7. The average molecular weight is 255 g/mol. The van der Waals surface area contributed by atoms with E-state index in [1.807, 2.05) is 30.5 Å². The normalized spacial score (nSPS) is 28.9. The molecule has 19 heavy (non-hydrogen) atoms. The number of H-pyrrole nitrogens is 1. The lowest BCUT2D eigenvalue weighted by atomic mass is 9.99. The summed E-state index contributed by atoms with van der Waals surface area (Å²) in [4.78, 5) is 17.9. The Labute approximate surface area is 111 Å². The zero-order valence-corrected chi connectivity index (χ0v) is 10.7. The van der Waals surface area contributed by atoms with Gasteiger partial charge in [-0.1, -0.05) is 0 Å². The molecule has 0 saturated carbocycles. The van der Waals surface area contributed by atoms with Crippen molar-refractivity contribution in [2.45, 2.75) is 12.5 Å². The van der Waals surface area contributed by atoms with Gasteiger partial charge < -0.3 is 15.2 Å². The smallest absolute Gasteiger partial charge is 0.251 e. The Bertz CT molecular complexity index is 633. The van der Waals surface area contributed by atoms with Gasteiger partial charge in [-0.05, 0) is 43.1 Å². The van der Waals surface area contributed by atoms with Crippen LogP contribution in [0.15, 0.2) is 30.5 Å². The van der Waals surface area contributed by atoms with Gasteiger partial charge in [-0.2, -0.15) is 0 Å². The van der Waals surface area contributed by atoms with Crippen LogP contribution >= 0.6 is 0 Å². The fourth-order valence-electron chi connectivity index (χ4n) is 3.39. The van der Waals surface area contributed by atoms with Crippen molar-refractivity contribution in [3.63, 3.8) is 0 Å². The van der Waals surface area contributed by atoms with Crippen LogP contribution in [0.5, 0.6) is 0 Å². The fourth-order valence-corrected chi connectivity index (χ4v) is 3.39. The molecule has 2 saturated heterocycles. The number of fused-ring (bicyclic) bond motifs is 3. The maximum atomic E-state index is 12.3. The van der Waals surface area contributed by atoms with Gasteiger partial charge in [0.25, 0.3) is 5.91 Å². The number of piperidine rings is 1. The summed E-state index contributed by atoms with van der Waals surface area (Å²) in [5, 5.41) is 4.28. The maximum Gasteiger partial charge on any atom is 0.251 e. The molecule has 2 aliphatic rings. The van der Waals surface area contributed by atoms with Crippen LogP contribution < -0.4 is 5.32 Å². The predicted octanol–water partition coefficient (Wildman–Crippen LogP) is 1.60. The lowest BCUT2D eigenvalue weighted by Crippen LogP contribution is -2.43. The van der Waals surface area contributed by atoms with Gasteiger partial charge in [0.1, 0.15) is 0 Å². The SMILES string of the molecule is O=C(N[C@H]1CN2CCC1C2)c1ccc2[nH]ccc2c1. The van der Waals surface area contributed by atoms with Gasteiger partial charge in [-0.15, -0.1) is 0 Å². The quantitative estimate of drug-likeness (QED) is 0.856. The van der Waals surface area contributed by atoms with Crippen LogP contribution in [0.25, 0.3) is 10.9 Å². The number of carbonyl (C=O) groups is 1. The van der Waals surface area contributed by atoms with Gasteiger partial charge >= 0.3 is 0 Å². The lowest BCUT2D eigenvalue weighted by molar-refractivity contribution is 0.0924. The Morgan fingerprint density at radius 1 is 1.32 bits per heavy atom. The molecule has 0 spiro atoms. The summed E-state index contributed by atoms with van der Waals surface area (Å²) in [5.41, 5.74) is 1.83. The van der Waals surface area contributed by atoms with Crippen LogP contribution in [0.1, 0.15) is 16.8 Å². The van der Waals surface area contributed by atoms with E-state index in [2.05, 4.69) is 15.2 Å². The van der Waals surface area contributed by atoms with Crippen LogP contribution in [0.4, 0.5) is 0 Å². The number of aromatic amines is 1. The number of hydrogen-bond acceptors (Lipinski definition) is 2.